The molecule has 3 heterocycles. The summed E-state index contributed by atoms with van der Waals surface area (Å²) >= 11 is 0. The van der Waals surface area contributed by atoms with Crippen molar-refractivity contribution in [3.63, 3.8) is 0 Å². The number of likely N-dealkylation sites (tertiary alicyclic amines) is 1. The molecule has 1 aromatic heterocycles. The number of benzene rings is 2. The Labute approximate surface area is 212 Å². The van der Waals surface area contributed by atoms with Crippen LogP contribution in [0.5, 0.6) is 5.75 Å². The lowest BCUT2D eigenvalue weighted by Crippen LogP contribution is -2.32. The Hall–Kier alpha value is -3.57. The van der Waals surface area contributed by atoms with Gasteiger partial charge in [-0.25, -0.2) is 13.6 Å². The van der Waals surface area contributed by atoms with E-state index in [1.165, 1.54) is 22.8 Å². The van der Waals surface area contributed by atoms with E-state index >= 15 is 4.39 Å². The highest BCUT2D eigenvalue weighted by Gasteiger charge is 2.25. The van der Waals surface area contributed by atoms with Crippen molar-refractivity contribution in [2.75, 3.05) is 31.6 Å². The number of halogens is 2. The zero-order valence-electron chi connectivity index (χ0n) is 20.8. The zero-order valence-corrected chi connectivity index (χ0v) is 20.8. The van der Waals surface area contributed by atoms with Crippen LogP contribution in [0.25, 0.3) is 5.69 Å². The average molecular weight is 514 g/mol. The number of hydrogen-bond donors (Lipinski definition) is 1. The van der Waals surface area contributed by atoms with Gasteiger partial charge in [-0.05, 0) is 57.5 Å². The number of hydrogen-bond acceptors (Lipinski definition) is 6. The van der Waals surface area contributed by atoms with Crippen molar-refractivity contribution < 1.29 is 23.0 Å². The van der Waals surface area contributed by atoms with Gasteiger partial charge in [0.25, 0.3) is 5.91 Å². The van der Waals surface area contributed by atoms with Crippen molar-refractivity contribution in [1.29, 1.82) is 0 Å². The van der Waals surface area contributed by atoms with Crippen molar-refractivity contribution in [2.45, 2.75) is 45.9 Å². The number of amides is 1. The first-order chi connectivity index (χ1) is 17.8. The van der Waals surface area contributed by atoms with Crippen LogP contribution in [0.4, 0.5) is 14.5 Å². The second kappa shape index (κ2) is 10.4. The number of fused-ring (bicyclic) bond motifs is 1. The standard InChI is InChI=1S/C26H29F2N5O4/c1-16-6-5-7-19(27)24(16)29-25(34)18-12-20(28)21(33-26(35)32-10-11-36-15-23(32)30-33)13-22(18)37-17(2)14-31-8-3-4-9-31/h5-7,12-13,17H,3-4,8-11,14-15H2,1-2H3,(H,29,34)/t17-/m1/s1. The van der Waals surface area contributed by atoms with Crippen LogP contribution in [0, 0.1) is 18.6 Å². The monoisotopic (exact) mass is 513 g/mol. The second-order valence-electron chi connectivity index (χ2n) is 9.44. The number of ether oxygens (including phenoxy) is 2. The lowest BCUT2D eigenvalue weighted by Gasteiger charge is -2.23. The van der Waals surface area contributed by atoms with Crippen molar-refractivity contribution in [3.8, 4) is 11.4 Å². The van der Waals surface area contributed by atoms with Crippen LogP contribution in [0.1, 0.15) is 41.5 Å². The second-order valence-corrected chi connectivity index (χ2v) is 9.44. The van der Waals surface area contributed by atoms with E-state index in [4.69, 9.17) is 9.47 Å². The van der Waals surface area contributed by atoms with Gasteiger partial charge in [0, 0.05) is 12.6 Å². The molecule has 0 spiro atoms. The molecule has 0 bridgehead atoms. The summed E-state index contributed by atoms with van der Waals surface area (Å²) in [6.07, 6.45) is 1.89. The summed E-state index contributed by atoms with van der Waals surface area (Å²) in [6.45, 7) is 6.88. The van der Waals surface area contributed by atoms with Crippen molar-refractivity contribution in [3.05, 3.63) is 69.4 Å². The topological polar surface area (TPSA) is 90.6 Å². The Morgan fingerprint density at radius 2 is 1.97 bits per heavy atom. The molecule has 0 aliphatic carbocycles. The summed E-state index contributed by atoms with van der Waals surface area (Å²) in [5, 5.41) is 6.78. The lowest BCUT2D eigenvalue weighted by atomic mass is 10.1. The van der Waals surface area contributed by atoms with Gasteiger partial charge in [-0.1, -0.05) is 12.1 Å². The molecule has 3 aromatic rings. The normalized spacial score (nSPS) is 16.4. The van der Waals surface area contributed by atoms with E-state index in [0.29, 0.717) is 31.1 Å². The Kier molecular flexibility index (Phi) is 7.07. The van der Waals surface area contributed by atoms with E-state index in [9.17, 15) is 14.0 Å². The SMILES string of the molecule is Cc1cccc(F)c1NC(=O)c1cc(F)c(-n2nc3n(c2=O)CCOC3)cc1O[C@H](C)CN1CCCC1. The first-order valence-electron chi connectivity index (χ1n) is 12.4. The van der Waals surface area contributed by atoms with Gasteiger partial charge >= 0.3 is 5.69 Å². The Morgan fingerprint density at radius 3 is 2.70 bits per heavy atom. The molecule has 2 aliphatic rings. The minimum Gasteiger partial charge on any atom is -0.488 e. The maximum Gasteiger partial charge on any atom is 0.350 e. The highest BCUT2D eigenvalue weighted by Crippen LogP contribution is 2.29. The Morgan fingerprint density at radius 1 is 1.19 bits per heavy atom. The van der Waals surface area contributed by atoms with Crippen LogP contribution in [0.2, 0.25) is 0 Å². The third kappa shape index (κ3) is 5.14. The molecule has 1 atom stereocenters. The molecule has 0 unspecified atom stereocenters. The summed E-state index contributed by atoms with van der Waals surface area (Å²) < 4.78 is 43.7. The third-order valence-electron chi connectivity index (χ3n) is 6.65. The van der Waals surface area contributed by atoms with Crippen LogP contribution < -0.4 is 15.7 Å². The molecule has 0 radical (unpaired) electrons. The highest BCUT2D eigenvalue weighted by molar-refractivity contribution is 6.06. The predicted molar refractivity (Wildman–Crippen MR) is 132 cm³/mol. The highest BCUT2D eigenvalue weighted by atomic mass is 19.1. The quantitative estimate of drug-likeness (QED) is 0.522. The Balaban J connectivity index is 1.53. The molecular formula is C26H29F2N5O4. The number of para-hydroxylation sites is 1. The van der Waals surface area contributed by atoms with Crippen molar-refractivity contribution in [1.82, 2.24) is 19.2 Å². The van der Waals surface area contributed by atoms with Crippen LogP contribution in [-0.4, -0.2) is 57.5 Å². The predicted octanol–water partition coefficient (Wildman–Crippen LogP) is 3.27. The lowest BCUT2D eigenvalue weighted by molar-refractivity contribution is 0.0805. The molecule has 0 saturated carbocycles. The van der Waals surface area contributed by atoms with Gasteiger partial charge < -0.3 is 14.8 Å². The number of carbonyl (C=O) groups is 1. The fraction of sp³-hybridized carbons (Fsp3) is 0.423. The number of anilines is 1. The van der Waals surface area contributed by atoms with E-state index in [1.54, 1.807) is 13.0 Å². The fourth-order valence-corrected chi connectivity index (χ4v) is 4.78. The number of aryl methyl sites for hydroxylation is 1. The van der Waals surface area contributed by atoms with Crippen LogP contribution in [-0.2, 0) is 17.9 Å². The molecule has 1 fully saturated rings. The number of rotatable bonds is 7. The fourth-order valence-electron chi connectivity index (χ4n) is 4.78. The van der Waals surface area contributed by atoms with E-state index in [1.807, 2.05) is 6.92 Å². The van der Waals surface area contributed by atoms with Crippen molar-refractivity contribution in [2.24, 2.45) is 0 Å². The van der Waals surface area contributed by atoms with Crippen LogP contribution >= 0.6 is 0 Å². The number of carbonyl (C=O) groups excluding carboxylic acids is 1. The molecule has 37 heavy (non-hydrogen) atoms. The van der Waals surface area contributed by atoms with E-state index < -0.39 is 23.2 Å². The van der Waals surface area contributed by atoms with Gasteiger partial charge in [-0.3, -0.25) is 14.3 Å². The largest absolute Gasteiger partial charge is 0.488 e. The number of aromatic nitrogens is 3. The summed E-state index contributed by atoms with van der Waals surface area (Å²) in [6, 6.07) is 6.74. The van der Waals surface area contributed by atoms with Gasteiger partial charge in [0.05, 0.1) is 24.4 Å². The van der Waals surface area contributed by atoms with E-state index in [-0.39, 0.29) is 35.4 Å². The average Bonchev–Trinajstić information content (AvgIpc) is 3.50. The zero-order chi connectivity index (χ0) is 26.1. The smallest absolute Gasteiger partial charge is 0.350 e. The van der Waals surface area contributed by atoms with Crippen LogP contribution in [0.3, 0.4) is 0 Å². The number of nitrogens with one attached hydrogen (secondary N) is 1. The minimum absolute atomic E-state index is 0.00560. The molecule has 2 aromatic carbocycles. The van der Waals surface area contributed by atoms with E-state index in [2.05, 4.69) is 15.3 Å². The third-order valence-corrected chi connectivity index (χ3v) is 6.65. The number of nitrogens with zero attached hydrogens (tertiary/aromatic N) is 4. The molecule has 1 N–H and O–H groups in total. The Bertz CT molecular complexity index is 1360. The van der Waals surface area contributed by atoms with Gasteiger partial charge in [-0.2, -0.15) is 4.68 Å². The maximum absolute atomic E-state index is 15.4. The van der Waals surface area contributed by atoms with Gasteiger partial charge in [0.15, 0.2) is 5.82 Å². The summed E-state index contributed by atoms with van der Waals surface area (Å²) in [5.74, 6) is -1.71. The van der Waals surface area contributed by atoms with Gasteiger partial charge in [0.1, 0.15) is 35.8 Å². The summed E-state index contributed by atoms with van der Waals surface area (Å²) in [7, 11) is 0. The van der Waals surface area contributed by atoms with Crippen molar-refractivity contribution >= 4 is 11.6 Å². The maximum atomic E-state index is 15.4. The summed E-state index contributed by atoms with van der Waals surface area (Å²) in [4.78, 5) is 28.4. The molecule has 1 saturated heterocycles. The molecule has 9 nitrogen and oxygen atoms in total. The molecule has 1 amide bonds. The van der Waals surface area contributed by atoms with Gasteiger partial charge in [-0.15, -0.1) is 5.10 Å². The first-order valence-corrected chi connectivity index (χ1v) is 12.4. The molecular weight excluding hydrogens is 484 g/mol. The summed E-state index contributed by atoms with van der Waals surface area (Å²) in [5.41, 5.74) is -0.238. The van der Waals surface area contributed by atoms with Gasteiger partial charge in [0.2, 0.25) is 0 Å². The minimum atomic E-state index is -0.839. The molecule has 11 heteroatoms. The molecule has 196 valence electrons. The first kappa shape index (κ1) is 25.1. The van der Waals surface area contributed by atoms with E-state index in [0.717, 1.165) is 36.7 Å². The van der Waals surface area contributed by atoms with Crippen LogP contribution in [0.15, 0.2) is 35.1 Å². The molecule has 5 rings (SSSR count). The molecule has 2 aliphatic heterocycles.